The highest BCUT2D eigenvalue weighted by Gasteiger charge is 2.22. The van der Waals surface area contributed by atoms with Crippen molar-refractivity contribution in [1.82, 2.24) is 0 Å². The van der Waals surface area contributed by atoms with Crippen molar-refractivity contribution >= 4 is 19.8 Å². The number of hydrogen-bond donors (Lipinski definition) is 0. The second-order valence-electron chi connectivity index (χ2n) is 24.6. The molecule has 0 amide bonds. The molecular weight excluding hydrogens is 978 g/mol. The van der Waals surface area contributed by atoms with E-state index in [9.17, 15) is 19.0 Å². The minimum atomic E-state index is -4.63. The maximum absolute atomic E-state index is 12.8. The van der Waals surface area contributed by atoms with Gasteiger partial charge in [-0.3, -0.25) is 14.2 Å². The molecule has 0 heterocycles. The molecule has 0 N–H and O–H groups in total. The summed E-state index contributed by atoms with van der Waals surface area (Å²) in [5.41, 5.74) is 0. The van der Waals surface area contributed by atoms with Crippen LogP contribution in [0.1, 0.15) is 354 Å². The maximum atomic E-state index is 12.8. The summed E-state index contributed by atoms with van der Waals surface area (Å²) in [5, 5.41) is 0. The number of unbranched alkanes of at least 4 members (excludes halogenated alkanes) is 48. The average molecular weight is 1110 g/mol. The lowest BCUT2D eigenvalue weighted by molar-refractivity contribution is -0.870. The maximum Gasteiger partial charge on any atom is 0.306 e. The molecule has 0 aromatic rings. The molecule has 0 aromatic carbocycles. The summed E-state index contributed by atoms with van der Waals surface area (Å²) in [6.45, 7) is 4.31. The van der Waals surface area contributed by atoms with Crippen LogP contribution < -0.4 is 4.89 Å². The number of hydrogen-bond acceptors (Lipinski definition) is 8. The van der Waals surface area contributed by atoms with Gasteiger partial charge in [-0.15, -0.1) is 0 Å². The molecule has 458 valence electrons. The highest BCUT2D eigenvalue weighted by Crippen LogP contribution is 2.38. The van der Waals surface area contributed by atoms with Gasteiger partial charge in [-0.2, -0.15) is 0 Å². The molecule has 2 atom stereocenters. The van der Waals surface area contributed by atoms with Gasteiger partial charge in [-0.25, -0.2) is 0 Å². The summed E-state index contributed by atoms with van der Waals surface area (Å²) in [5.74, 6) is -0.813. The molecule has 0 spiro atoms. The van der Waals surface area contributed by atoms with Gasteiger partial charge in [0.25, 0.3) is 7.82 Å². The second-order valence-corrected chi connectivity index (χ2v) is 26.0. The summed E-state index contributed by atoms with van der Waals surface area (Å²) in [6.07, 6.45) is 71.5. The zero-order valence-corrected chi connectivity index (χ0v) is 53.1. The number of quaternary nitrogens is 1. The summed E-state index contributed by atoms with van der Waals surface area (Å²) in [7, 11) is 1.19. The molecule has 0 aromatic heterocycles. The Hall–Kier alpha value is -1.25. The number of carbonyl (C=O) groups is 2. The first-order chi connectivity index (χ1) is 37.5. The molecule has 0 radical (unpaired) electrons. The summed E-state index contributed by atoms with van der Waals surface area (Å²) in [4.78, 5) is 38.0. The van der Waals surface area contributed by atoms with Gasteiger partial charge in [0.05, 0.1) is 27.7 Å². The minimum Gasteiger partial charge on any atom is -0.756 e. The highest BCUT2D eigenvalue weighted by molar-refractivity contribution is 7.45. The Balaban J connectivity index is 3.97. The van der Waals surface area contributed by atoms with Gasteiger partial charge in [0.2, 0.25) is 0 Å². The lowest BCUT2D eigenvalue weighted by atomic mass is 10.0. The lowest BCUT2D eigenvalue weighted by Crippen LogP contribution is -2.37. The molecule has 0 aliphatic carbocycles. The average Bonchev–Trinajstić information content (AvgIpc) is 3.39. The third-order valence-corrected chi connectivity index (χ3v) is 16.5. The van der Waals surface area contributed by atoms with E-state index in [4.69, 9.17) is 18.5 Å². The Morgan fingerprint density at radius 3 is 0.961 bits per heavy atom. The standard InChI is InChI=1S/C67H132NO8P/c1-6-8-10-12-14-16-18-20-22-24-26-28-29-30-31-32-33-34-35-36-37-38-40-41-43-45-47-49-51-53-55-57-59-66(69)73-63-65(64-75-77(71,72)74-62-61-68(3,4)5)76-67(70)60-58-56-54-52-50-48-46-44-42-39-27-25-23-21-19-17-15-13-11-9-7-2/h25,27,65H,6-24,26,28-64H2,1-5H3/b27-25-. The SMILES string of the molecule is CCCCCCCCCC/C=C\CCCCCCCCCCCC(=O)OC(COC(=O)CCCCCCCCCCCCCCCCCCCCCCCCCCCCCCCCCC)COP(=O)([O-])OCC[N+](C)(C)C. The van der Waals surface area contributed by atoms with Crippen molar-refractivity contribution in [3.63, 3.8) is 0 Å². The minimum absolute atomic E-state index is 0.0273. The Morgan fingerprint density at radius 1 is 0.390 bits per heavy atom. The number of phosphoric acid groups is 1. The van der Waals surface area contributed by atoms with E-state index in [1.54, 1.807) is 0 Å². The van der Waals surface area contributed by atoms with Crippen LogP contribution in [-0.4, -0.2) is 70.0 Å². The van der Waals surface area contributed by atoms with Crippen molar-refractivity contribution in [3.05, 3.63) is 12.2 Å². The van der Waals surface area contributed by atoms with Crippen LogP contribution in [0, 0.1) is 0 Å². The van der Waals surface area contributed by atoms with E-state index in [2.05, 4.69) is 26.0 Å². The molecule has 0 aliphatic rings. The number of allylic oxidation sites excluding steroid dienone is 2. The fraction of sp³-hybridized carbons (Fsp3) is 0.940. The van der Waals surface area contributed by atoms with Crippen LogP contribution in [0.25, 0.3) is 0 Å². The summed E-state index contributed by atoms with van der Waals surface area (Å²) >= 11 is 0. The number of carbonyl (C=O) groups excluding carboxylic acids is 2. The number of ether oxygens (including phenoxy) is 2. The Kier molecular flexibility index (Phi) is 58.4. The summed E-state index contributed by atoms with van der Waals surface area (Å²) < 4.78 is 34.3. The van der Waals surface area contributed by atoms with Crippen LogP contribution in [0.2, 0.25) is 0 Å². The van der Waals surface area contributed by atoms with Gasteiger partial charge in [0.1, 0.15) is 19.8 Å². The van der Waals surface area contributed by atoms with Crippen molar-refractivity contribution in [2.24, 2.45) is 0 Å². The molecule has 0 rings (SSSR count). The molecule has 0 saturated heterocycles. The molecule has 0 fully saturated rings. The molecule has 9 nitrogen and oxygen atoms in total. The smallest absolute Gasteiger partial charge is 0.306 e. The van der Waals surface area contributed by atoms with E-state index in [1.165, 1.54) is 283 Å². The van der Waals surface area contributed by atoms with Crippen LogP contribution in [0.3, 0.4) is 0 Å². The van der Waals surface area contributed by atoms with Gasteiger partial charge in [-0.05, 0) is 38.5 Å². The normalized spacial score (nSPS) is 13.2. The van der Waals surface area contributed by atoms with Crippen molar-refractivity contribution in [2.45, 2.75) is 360 Å². The first kappa shape index (κ1) is 75.8. The first-order valence-electron chi connectivity index (χ1n) is 33.9. The van der Waals surface area contributed by atoms with Crippen LogP contribution in [0.5, 0.6) is 0 Å². The van der Waals surface area contributed by atoms with E-state index < -0.39 is 26.5 Å². The Labute approximate surface area is 479 Å². The molecule has 2 unspecified atom stereocenters. The zero-order chi connectivity index (χ0) is 56.3. The highest BCUT2D eigenvalue weighted by atomic mass is 31.2. The molecular formula is C67H132NO8P. The van der Waals surface area contributed by atoms with Gasteiger partial charge < -0.3 is 27.9 Å². The monoisotopic (exact) mass is 1110 g/mol. The number of nitrogens with zero attached hydrogens (tertiary/aromatic N) is 1. The number of rotatable bonds is 64. The zero-order valence-electron chi connectivity index (χ0n) is 52.2. The topological polar surface area (TPSA) is 111 Å². The number of esters is 2. The third kappa shape index (κ3) is 63.8. The first-order valence-corrected chi connectivity index (χ1v) is 35.4. The number of likely N-dealkylation sites (N-methyl/N-ethyl adjacent to an activating group) is 1. The van der Waals surface area contributed by atoms with E-state index in [1.807, 2.05) is 21.1 Å². The van der Waals surface area contributed by atoms with Crippen molar-refractivity contribution < 1.29 is 42.1 Å². The van der Waals surface area contributed by atoms with E-state index >= 15 is 0 Å². The van der Waals surface area contributed by atoms with Crippen LogP contribution in [0.15, 0.2) is 12.2 Å². The van der Waals surface area contributed by atoms with E-state index in [-0.39, 0.29) is 32.0 Å². The molecule has 0 aliphatic heterocycles. The number of phosphoric ester groups is 1. The van der Waals surface area contributed by atoms with Crippen LogP contribution in [-0.2, 0) is 32.7 Å². The fourth-order valence-electron chi connectivity index (χ4n) is 10.3. The van der Waals surface area contributed by atoms with E-state index in [0.29, 0.717) is 17.4 Å². The van der Waals surface area contributed by atoms with Crippen molar-refractivity contribution in [2.75, 3.05) is 47.5 Å². The second kappa shape index (κ2) is 59.4. The van der Waals surface area contributed by atoms with Crippen molar-refractivity contribution in [3.8, 4) is 0 Å². The summed E-state index contributed by atoms with van der Waals surface area (Å²) in [6, 6.07) is 0. The van der Waals surface area contributed by atoms with Gasteiger partial charge in [0.15, 0.2) is 6.10 Å². The van der Waals surface area contributed by atoms with Gasteiger partial charge in [-0.1, -0.05) is 315 Å². The van der Waals surface area contributed by atoms with Crippen LogP contribution in [0.4, 0.5) is 0 Å². The lowest BCUT2D eigenvalue weighted by Gasteiger charge is -2.28. The molecule has 77 heavy (non-hydrogen) atoms. The Morgan fingerprint density at radius 2 is 0.662 bits per heavy atom. The largest absolute Gasteiger partial charge is 0.756 e. The van der Waals surface area contributed by atoms with Gasteiger partial charge in [0, 0.05) is 12.8 Å². The predicted molar refractivity (Wildman–Crippen MR) is 328 cm³/mol. The predicted octanol–water partition coefficient (Wildman–Crippen LogP) is 20.9. The molecule has 10 heteroatoms. The van der Waals surface area contributed by atoms with Crippen LogP contribution >= 0.6 is 7.82 Å². The van der Waals surface area contributed by atoms with E-state index in [0.717, 1.165) is 38.5 Å². The Bertz CT molecular complexity index is 1300. The van der Waals surface area contributed by atoms with Gasteiger partial charge >= 0.3 is 11.9 Å². The quantitative estimate of drug-likeness (QED) is 0.0195. The molecule has 0 bridgehead atoms. The van der Waals surface area contributed by atoms with Crippen molar-refractivity contribution in [1.29, 1.82) is 0 Å². The third-order valence-electron chi connectivity index (χ3n) is 15.5. The fourth-order valence-corrected chi connectivity index (χ4v) is 11.0. The molecule has 0 saturated carbocycles.